The van der Waals surface area contributed by atoms with Crippen LogP contribution in [0.3, 0.4) is 0 Å². The molecule has 0 aliphatic heterocycles. The smallest absolute Gasteiger partial charge is 0.203 e. The maximum Gasteiger partial charge on any atom is 0.203 e. The zero-order chi connectivity index (χ0) is 81.7. The lowest BCUT2D eigenvalue weighted by atomic mass is 9.85. The van der Waals surface area contributed by atoms with Crippen LogP contribution in [0.25, 0.3) is 0 Å². The van der Waals surface area contributed by atoms with Crippen molar-refractivity contribution in [1.82, 2.24) is 0 Å². The minimum absolute atomic E-state index is 0. The molecule has 0 aliphatic rings. The number of ether oxygens (including phenoxy) is 17. The summed E-state index contributed by atoms with van der Waals surface area (Å²) in [7, 11) is 28.0. The summed E-state index contributed by atoms with van der Waals surface area (Å²) in [5, 5.41) is 0. The van der Waals surface area contributed by atoms with Gasteiger partial charge in [0.1, 0.15) is 34.5 Å². The summed E-state index contributed by atoms with van der Waals surface area (Å²) in [6.45, 7) is 47.3. The second kappa shape index (κ2) is 52.5. The number of methoxy groups -OCH3 is 17. The van der Waals surface area contributed by atoms with Crippen molar-refractivity contribution < 1.29 is 80.5 Å². The first-order chi connectivity index (χ1) is 49.2. The minimum Gasteiger partial charge on any atom is -0.497 e. The third-order valence-corrected chi connectivity index (χ3v) is 16.9. The van der Waals surface area contributed by atoms with E-state index in [1.807, 2.05) is 60.7 Å². The Morgan fingerprint density at radius 1 is 0.204 bits per heavy atom. The topological polar surface area (TPSA) is 157 Å². The average molecular weight is 1590 g/mol. The van der Waals surface area contributed by atoms with Gasteiger partial charge in [0.25, 0.3) is 0 Å². The fourth-order valence-electron chi connectivity index (χ4n) is 11.1. The number of aryl methyl sites for hydroxylation is 1. The quantitative estimate of drug-likeness (QED) is 0.0798. The van der Waals surface area contributed by atoms with E-state index in [0.29, 0.717) is 28.4 Å². The summed E-state index contributed by atoms with van der Waals surface area (Å²) >= 11 is 0. The summed E-state index contributed by atoms with van der Waals surface area (Å²) in [4.78, 5) is 0. The summed E-state index contributed by atoms with van der Waals surface area (Å²) in [5.74, 6) is 12.9. The van der Waals surface area contributed by atoms with Crippen LogP contribution in [0.15, 0.2) is 103 Å². The highest BCUT2D eigenvalue weighted by atomic mass is 16.5. The molecule has 17 heteroatoms. The van der Waals surface area contributed by atoms with Crippen LogP contribution in [0.1, 0.15) is 249 Å². The van der Waals surface area contributed by atoms with Crippen LogP contribution in [0.2, 0.25) is 0 Å². The second-order valence-electron chi connectivity index (χ2n) is 31.8. The van der Waals surface area contributed by atoms with Crippen molar-refractivity contribution in [1.29, 1.82) is 0 Å². The average Bonchev–Trinajstić information content (AvgIpc) is 0.814. The molecule has 113 heavy (non-hydrogen) atoms. The maximum atomic E-state index is 5.43. The van der Waals surface area contributed by atoms with Gasteiger partial charge in [0.2, 0.25) is 5.75 Å². The number of hydrogen-bond acceptors (Lipinski definition) is 17. The van der Waals surface area contributed by atoms with Gasteiger partial charge in [0.15, 0.2) is 57.5 Å². The van der Waals surface area contributed by atoms with Crippen LogP contribution in [0.5, 0.6) is 97.7 Å². The number of rotatable bonds is 18. The standard InChI is InChI=1S/C14H22O2.5C13H20O3.C10H14.7CH4/c1-7-10-8-11(14(2,3)4)9-12(15-5)13(10)16-6;1-13(2,3)9-7-11(15-5)12(16-6)8-10(9)14-4;1-13(2,3)12-10(15-5)7-9(14-4)8-11(12)16-6;1-13(2,3)10-7-9(14-4)8-11(15-5)12(10)16-6;1-13(2,3)11-9(14-4)7-8-10(15-5)12(11)16-6;1-13(2,3)9-7-8-10(14-4)12(16-6)11(9)15-5;1-10(2,3)9-7-5-4-6-8-9;;;;;;;/h8-9H,7H2,1-6H3;5*7-8H,1-6H3;4-8H,1-3H3;7*1H4. The van der Waals surface area contributed by atoms with Crippen molar-refractivity contribution in [3.05, 3.63) is 148 Å². The van der Waals surface area contributed by atoms with Gasteiger partial charge in [-0.1, -0.05) is 247 Å². The third kappa shape index (κ3) is 34.4. The van der Waals surface area contributed by atoms with Crippen LogP contribution in [-0.2, 0) is 44.3 Å². The molecule has 0 N–H and O–H groups in total. The van der Waals surface area contributed by atoms with Crippen molar-refractivity contribution in [2.75, 3.05) is 121 Å². The molecule has 650 valence electrons. The Kier molecular flexibility index (Phi) is 54.6. The molecule has 0 spiro atoms. The predicted molar refractivity (Wildman–Crippen MR) is 484 cm³/mol. The van der Waals surface area contributed by atoms with Crippen molar-refractivity contribution in [2.24, 2.45) is 0 Å². The van der Waals surface area contributed by atoms with Crippen molar-refractivity contribution in [3.8, 4) is 97.7 Å². The van der Waals surface area contributed by atoms with Gasteiger partial charge < -0.3 is 80.5 Å². The molecular weight excluding hydrogens is 1430 g/mol. The highest BCUT2D eigenvalue weighted by molar-refractivity contribution is 5.60. The molecule has 0 aromatic heterocycles. The highest BCUT2D eigenvalue weighted by Gasteiger charge is 2.30. The summed E-state index contributed by atoms with van der Waals surface area (Å²) < 4.78 is 90.8. The van der Waals surface area contributed by atoms with Crippen LogP contribution >= 0.6 is 0 Å². The van der Waals surface area contributed by atoms with Gasteiger partial charge in [0, 0.05) is 52.1 Å². The van der Waals surface area contributed by atoms with Crippen LogP contribution in [0, 0.1) is 0 Å². The molecular formula is C96H164O17. The van der Waals surface area contributed by atoms with E-state index in [4.69, 9.17) is 80.5 Å². The molecule has 17 nitrogen and oxygen atoms in total. The SMILES string of the molecule is C.C.C.C.C.C.C.CC(C)(C)c1ccccc1.CCc1cc(C(C)(C)C)cc(OC)c1OC.COc1cc(OC)c(C(C)(C)C)c(OC)c1.COc1cc(OC)c(C(C)(C)C)cc1OC.COc1cc(OC)c(OC)c(C(C)(C)C)c1.COc1ccc(C(C)(C)C)c(OC)c1OC.COc1ccc(OC)c(C(C)(C)C)c1OC. The fourth-order valence-corrected chi connectivity index (χ4v) is 11.1. The molecule has 0 bridgehead atoms. The van der Waals surface area contributed by atoms with Gasteiger partial charge in [-0.3, -0.25) is 0 Å². The molecule has 0 atom stereocenters. The van der Waals surface area contributed by atoms with Gasteiger partial charge in [-0.15, -0.1) is 0 Å². The van der Waals surface area contributed by atoms with E-state index in [9.17, 15) is 0 Å². The summed E-state index contributed by atoms with van der Waals surface area (Å²) in [5.41, 5.74) is 9.55. The van der Waals surface area contributed by atoms with Gasteiger partial charge in [-0.2, -0.15) is 0 Å². The van der Waals surface area contributed by atoms with Gasteiger partial charge in [0.05, 0.1) is 121 Å². The Hall–Kier alpha value is -8.86. The van der Waals surface area contributed by atoms with Crippen LogP contribution in [0.4, 0.5) is 0 Å². The molecule has 0 amide bonds. The van der Waals surface area contributed by atoms with E-state index in [0.717, 1.165) is 109 Å². The van der Waals surface area contributed by atoms with Crippen LogP contribution < -0.4 is 80.5 Å². The highest BCUT2D eigenvalue weighted by Crippen LogP contribution is 2.48. The Morgan fingerprint density at radius 2 is 0.540 bits per heavy atom. The zero-order valence-electron chi connectivity index (χ0n) is 72.5. The molecule has 0 aliphatic carbocycles. The Labute approximate surface area is 691 Å². The monoisotopic (exact) mass is 1590 g/mol. The van der Waals surface area contributed by atoms with E-state index in [1.54, 1.807) is 121 Å². The number of benzene rings is 7. The molecule has 0 unspecified atom stereocenters. The first-order valence-corrected chi connectivity index (χ1v) is 35.6. The normalized spacial score (nSPS) is 10.5. The van der Waals surface area contributed by atoms with E-state index >= 15 is 0 Å². The summed E-state index contributed by atoms with van der Waals surface area (Å²) in [6, 6.07) is 33.9. The predicted octanol–water partition coefficient (Wildman–Crippen LogP) is 26.1. The third-order valence-electron chi connectivity index (χ3n) is 16.9. The van der Waals surface area contributed by atoms with E-state index in [2.05, 4.69) is 195 Å². The lowest BCUT2D eigenvalue weighted by molar-refractivity contribution is 0.318. The molecule has 0 saturated heterocycles. The molecule has 7 rings (SSSR count). The van der Waals surface area contributed by atoms with Crippen molar-refractivity contribution >= 4 is 0 Å². The Morgan fingerprint density at radius 3 is 0.867 bits per heavy atom. The van der Waals surface area contributed by atoms with Gasteiger partial charge >= 0.3 is 0 Å². The van der Waals surface area contributed by atoms with E-state index in [-0.39, 0.29) is 84.5 Å². The van der Waals surface area contributed by atoms with E-state index in [1.165, 1.54) is 16.7 Å². The number of hydrogen-bond donors (Lipinski definition) is 0. The molecule has 7 aromatic carbocycles. The first-order valence-electron chi connectivity index (χ1n) is 35.6. The fraction of sp³-hybridized carbons (Fsp3) is 0.562. The Balaban J connectivity index is -0.000000230. The molecule has 0 saturated carbocycles. The van der Waals surface area contributed by atoms with Crippen molar-refractivity contribution in [2.45, 2.75) is 249 Å². The van der Waals surface area contributed by atoms with Gasteiger partial charge in [-0.25, -0.2) is 0 Å². The van der Waals surface area contributed by atoms with Crippen LogP contribution in [-0.4, -0.2) is 121 Å². The largest absolute Gasteiger partial charge is 0.497 e. The second-order valence-corrected chi connectivity index (χ2v) is 31.8. The molecule has 0 heterocycles. The lowest BCUT2D eigenvalue weighted by Gasteiger charge is -2.25. The molecule has 0 fully saturated rings. The zero-order valence-corrected chi connectivity index (χ0v) is 72.5. The van der Waals surface area contributed by atoms with Crippen molar-refractivity contribution in [3.63, 3.8) is 0 Å². The first kappa shape index (κ1) is 117. The molecule has 0 radical (unpaired) electrons. The lowest BCUT2D eigenvalue weighted by Crippen LogP contribution is -2.15. The van der Waals surface area contributed by atoms with Gasteiger partial charge in [-0.05, 0) is 97.4 Å². The van der Waals surface area contributed by atoms with E-state index < -0.39 is 0 Å². The minimum atomic E-state index is -0.0643. The summed E-state index contributed by atoms with van der Waals surface area (Å²) in [6.07, 6.45) is 0.948. The maximum absolute atomic E-state index is 5.43. The molecule has 7 aromatic rings. The Bertz CT molecular complexity index is 3680.